The third kappa shape index (κ3) is 4.73. The van der Waals surface area contributed by atoms with Crippen LogP contribution in [0.1, 0.15) is 24.5 Å². The summed E-state index contributed by atoms with van der Waals surface area (Å²) in [5.74, 6) is -1.86. The molecule has 2 aromatic rings. The highest BCUT2D eigenvalue weighted by atomic mass is 19.1. The van der Waals surface area contributed by atoms with Gasteiger partial charge in [-0.2, -0.15) is 0 Å². The van der Waals surface area contributed by atoms with Crippen LogP contribution in [-0.4, -0.2) is 24.3 Å². The number of nitrogens with one attached hydrogen (secondary N) is 2. The summed E-state index contributed by atoms with van der Waals surface area (Å²) >= 11 is 0. The van der Waals surface area contributed by atoms with Crippen LogP contribution in [0.3, 0.4) is 0 Å². The lowest BCUT2D eigenvalue weighted by atomic mass is 10.1. The lowest BCUT2D eigenvalue weighted by Gasteiger charge is -2.17. The van der Waals surface area contributed by atoms with Gasteiger partial charge in [0.25, 0.3) is 0 Å². The van der Waals surface area contributed by atoms with Gasteiger partial charge in [0.1, 0.15) is 5.82 Å². The van der Waals surface area contributed by atoms with Crippen LogP contribution in [0.25, 0.3) is 0 Å². The minimum absolute atomic E-state index is 0.0140. The fraction of sp³-hybridized carbons (Fsp3) is 0.286. The molecule has 1 saturated heterocycles. The molecule has 1 unspecified atom stereocenters. The number of carbonyl (C=O) groups excluding carboxylic acids is 3. The van der Waals surface area contributed by atoms with E-state index in [-0.39, 0.29) is 31.1 Å². The van der Waals surface area contributed by atoms with E-state index in [1.54, 1.807) is 4.90 Å². The molecule has 2 aromatic carbocycles. The lowest BCUT2D eigenvalue weighted by molar-refractivity contribution is -0.131. The van der Waals surface area contributed by atoms with E-state index in [9.17, 15) is 18.8 Å². The van der Waals surface area contributed by atoms with Gasteiger partial charge < -0.3 is 4.90 Å². The Labute approximate surface area is 162 Å². The SMILES string of the molecule is CCc1cccc(N2CC(C(=O)NNC(=O)Cc3ccc(F)cc3)CC2=O)c1. The van der Waals surface area contributed by atoms with E-state index in [1.165, 1.54) is 24.3 Å². The molecule has 1 aliphatic rings. The molecular weight excluding hydrogens is 361 g/mol. The number of carbonyl (C=O) groups is 3. The standard InChI is InChI=1S/C21H22FN3O3/c1-2-14-4-3-5-18(10-14)25-13-16(12-20(25)27)21(28)24-23-19(26)11-15-6-8-17(22)9-7-15/h3-10,16H,2,11-13H2,1H3,(H,23,26)(H,24,28). The predicted octanol–water partition coefficient (Wildman–Crippen LogP) is 2.13. The van der Waals surface area contributed by atoms with Gasteiger partial charge >= 0.3 is 0 Å². The number of amides is 3. The van der Waals surface area contributed by atoms with Gasteiger partial charge in [0.15, 0.2) is 0 Å². The first kappa shape index (κ1) is 19.5. The van der Waals surface area contributed by atoms with E-state index < -0.39 is 17.7 Å². The third-order valence-electron chi connectivity index (χ3n) is 4.73. The molecule has 6 nitrogen and oxygen atoms in total. The summed E-state index contributed by atoms with van der Waals surface area (Å²) in [6, 6.07) is 13.2. The zero-order valence-electron chi connectivity index (χ0n) is 15.6. The Morgan fingerprint density at radius 3 is 2.57 bits per heavy atom. The Bertz CT molecular complexity index is 883. The van der Waals surface area contributed by atoms with Crippen LogP contribution in [0.2, 0.25) is 0 Å². The normalized spacial score (nSPS) is 16.1. The van der Waals surface area contributed by atoms with Crippen molar-refractivity contribution in [3.8, 4) is 0 Å². The second kappa shape index (κ2) is 8.65. The van der Waals surface area contributed by atoms with E-state index in [4.69, 9.17) is 0 Å². The highest BCUT2D eigenvalue weighted by Gasteiger charge is 2.35. The van der Waals surface area contributed by atoms with Crippen molar-refractivity contribution in [1.82, 2.24) is 10.9 Å². The number of rotatable bonds is 5. The fourth-order valence-electron chi connectivity index (χ4n) is 3.14. The van der Waals surface area contributed by atoms with Gasteiger partial charge in [0.05, 0.1) is 12.3 Å². The van der Waals surface area contributed by atoms with Crippen LogP contribution in [0, 0.1) is 11.7 Å². The molecule has 1 heterocycles. The van der Waals surface area contributed by atoms with Crippen LogP contribution in [0.15, 0.2) is 48.5 Å². The Balaban J connectivity index is 1.52. The average molecular weight is 383 g/mol. The monoisotopic (exact) mass is 383 g/mol. The Morgan fingerprint density at radius 2 is 1.86 bits per heavy atom. The smallest absolute Gasteiger partial charge is 0.243 e. The molecule has 1 aliphatic heterocycles. The minimum Gasteiger partial charge on any atom is -0.312 e. The van der Waals surface area contributed by atoms with Crippen molar-refractivity contribution < 1.29 is 18.8 Å². The summed E-state index contributed by atoms with van der Waals surface area (Å²) in [4.78, 5) is 38.2. The largest absolute Gasteiger partial charge is 0.312 e. The molecule has 0 saturated carbocycles. The molecule has 0 aromatic heterocycles. The van der Waals surface area contributed by atoms with Gasteiger partial charge in [-0.15, -0.1) is 0 Å². The number of aryl methyl sites for hydroxylation is 1. The molecule has 0 aliphatic carbocycles. The second-order valence-electron chi connectivity index (χ2n) is 6.77. The molecule has 0 radical (unpaired) electrons. The molecule has 2 N–H and O–H groups in total. The highest BCUT2D eigenvalue weighted by Crippen LogP contribution is 2.26. The van der Waals surface area contributed by atoms with E-state index in [2.05, 4.69) is 10.9 Å². The van der Waals surface area contributed by atoms with Gasteiger partial charge in [0.2, 0.25) is 17.7 Å². The van der Waals surface area contributed by atoms with E-state index in [0.29, 0.717) is 5.56 Å². The van der Waals surface area contributed by atoms with Crippen LogP contribution in [-0.2, 0) is 27.2 Å². The zero-order chi connectivity index (χ0) is 20.1. The number of hydrogen-bond donors (Lipinski definition) is 2. The predicted molar refractivity (Wildman–Crippen MR) is 103 cm³/mol. The molecule has 0 spiro atoms. The maximum atomic E-state index is 12.9. The van der Waals surface area contributed by atoms with Crippen molar-refractivity contribution in [3.05, 3.63) is 65.5 Å². The number of anilines is 1. The number of halogens is 1. The van der Waals surface area contributed by atoms with Crippen LogP contribution in [0.4, 0.5) is 10.1 Å². The molecule has 3 rings (SSSR count). The number of hydrogen-bond acceptors (Lipinski definition) is 3. The van der Waals surface area contributed by atoms with Gasteiger partial charge in [-0.1, -0.05) is 31.2 Å². The van der Waals surface area contributed by atoms with Crippen LogP contribution >= 0.6 is 0 Å². The summed E-state index contributed by atoms with van der Waals surface area (Å²) in [5.41, 5.74) is 7.25. The first-order chi connectivity index (χ1) is 13.5. The summed E-state index contributed by atoms with van der Waals surface area (Å²) in [6.07, 6.45) is 0.968. The van der Waals surface area contributed by atoms with Crippen molar-refractivity contribution in [1.29, 1.82) is 0 Å². The summed E-state index contributed by atoms with van der Waals surface area (Å²) in [6.45, 7) is 2.31. The Kier molecular flexibility index (Phi) is 6.03. The van der Waals surface area contributed by atoms with E-state index in [0.717, 1.165) is 17.7 Å². The van der Waals surface area contributed by atoms with Crippen molar-refractivity contribution in [2.24, 2.45) is 5.92 Å². The average Bonchev–Trinajstić information content (AvgIpc) is 3.10. The summed E-state index contributed by atoms with van der Waals surface area (Å²) in [7, 11) is 0. The third-order valence-corrected chi connectivity index (χ3v) is 4.73. The molecule has 146 valence electrons. The number of nitrogens with zero attached hydrogens (tertiary/aromatic N) is 1. The molecule has 28 heavy (non-hydrogen) atoms. The molecule has 1 atom stereocenters. The van der Waals surface area contributed by atoms with Crippen molar-refractivity contribution in [3.63, 3.8) is 0 Å². The number of benzene rings is 2. The first-order valence-corrected chi connectivity index (χ1v) is 9.18. The lowest BCUT2D eigenvalue weighted by Crippen LogP contribution is -2.45. The van der Waals surface area contributed by atoms with E-state index >= 15 is 0 Å². The summed E-state index contributed by atoms with van der Waals surface area (Å²) in [5, 5.41) is 0. The molecule has 0 bridgehead atoms. The highest BCUT2D eigenvalue weighted by molar-refractivity contribution is 6.00. The van der Waals surface area contributed by atoms with Crippen molar-refractivity contribution in [2.75, 3.05) is 11.4 Å². The minimum atomic E-state index is -0.538. The van der Waals surface area contributed by atoms with Gasteiger partial charge in [0, 0.05) is 18.7 Å². The first-order valence-electron chi connectivity index (χ1n) is 9.18. The van der Waals surface area contributed by atoms with E-state index in [1.807, 2.05) is 31.2 Å². The van der Waals surface area contributed by atoms with Crippen molar-refractivity contribution in [2.45, 2.75) is 26.2 Å². The molecule has 1 fully saturated rings. The molecule has 3 amide bonds. The maximum absolute atomic E-state index is 12.9. The zero-order valence-corrected chi connectivity index (χ0v) is 15.6. The number of hydrazine groups is 1. The second-order valence-corrected chi connectivity index (χ2v) is 6.77. The Morgan fingerprint density at radius 1 is 1.11 bits per heavy atom. The van der Waals surface area contributed by atoms with Gasteiger partial charge in [-0.05, 0) is 41.8 Å². The van der Waals surface area contributed by atoms with Gasteiger partial charge in [-0.3, -0.25) is 25.2 Å². The fourth-order valence-corrected chi connectivity index (χ4v) is 3.14. The van der Waals surface area contributed by atoms with Crippen LogP contribution < -0.4 is 15.8 Å². The van der Waals surface area contributed by atoms with Crippen molar-refractivity contribution >= 4 is 23.4 Å². The molecular formula is C21H22FN3O3. The van der Waals surface area contributed by atoms with Crippen LogP contribution in [0.5, 0.6) is 0 Å². The van der Waals surface area contributed by atoms with Gasteiger partial charge in [-0.25, -0.2) is 4.39 Å². The topological polar surface area (TPSA) is 78.5 Å². The quantitative estimate of drug-likeness (QED) is 0.777. The summed E-state index contributed by atoms with van der Waals surface area (Å²) < 4.78 is 12.9. The Hall–Kier alpha value is -3.22. The maximum Gasteiger partial charge on any atom is 0.243 e. The molecule has 7 heteroatoms.